The van der Waals surface area contributed by atoms with Gasteiger partial charge >= 0.3 is 0 Å². The Morgan fingerprint density at radius 1 is 0.966 bits per heavy atom. The highest BCUT2D eigenvalue weighted by Gasteiger charge is 2.06. The quantitative estimate of drug-likeness (QED) is 0.351. The Bertz CT molecular complexity index is 976. The average molecular weight is 385 g/mol. The lowest BCUT2D eigenvalue weighted by Gasteiger charge is -2.10. The van der Waals surface area contributed by atoms with E-state index in [9.17, 15) is 0 Å². The summed E-state index contributed by atoms with van der Waals surface area (Å²) in [6.07, 6.45) is 13.1. The maximum atomic E-state index is 8.51. The predicted octanol–water partition coefficient (Wildman–Crippen LogP) is 7.01. The van der Waals surface area contributed by atoms with Crippen molar-refractivity contribution in [2.45, 2.75) is 45.4 Å². The fraction of sp³-hybridized carbons (Fsp3) is 0.308. The molecule has 0 unspecified atom stereocenters. The van der Waals surface area contributed by atoms with Crippen molar-refractivity contribution < 1.29 is 4.74 Å². The molecule has 2 aromatic carbocycles. The van der Waals surface area contributed by atoms with Crippen LogP contribution in [0.15, 0.2) is 66.9 Å². The summed E-state index contributed by atoms with van der Waals surface area (Å²) in [7, 11) is 0. The Balaban J connectivity index is 0.000000343. The van der Waals surface area contributed by atoms with Gasteiger partial charge in [-0.3, -0.25) is 0 Å². The minimum atomic E-state index is 0.507. The van der Waals surface area contributed by atoms with Gasteiger partial charge in [-0.05, 0) is 67.0 Å². The SMILES string of the molecule is C1=CCCCC1.Cc1ccc(-c2ccc(OCCCC#N)nc2)c2ccccc12. The van der Waals surface area contributed by atoms with Gasteiger partial charge in [0.15, 0.2) is 0 Å². The monoisotopic (exact) mass is 384 g/mol. The Hall–Kier alpha value is -3.12. The van der Waals surface area contributed by atoms with E-state index in [2.05, 4.69) is 66.5 Å². The van der Waals surface area contributed by atoms with Crippen LogP contribution in [0, 0.1) is 18.3 Å². The second kappa shape index (κ2) is 11.0. The van der Waals surface area contributed by atoms with Crippen molar-refractivity contribution >= 4 is 10.8 Å². The van der Waals surface area contributed by atoms with Crippen molar-refractivity contribution in [3.8, 4) is 23.1 Å². The van der Waals surface area contributed by atoms with E-state index in [0.717, 1.165) is 12.0 Å². The Morgan fingerprint density at radius 2 is 1.72 bits per heavy atom. The van der Waals surface area contributed by atoms with Gasteiger partial charge in [-0.2, -0.15) is 5.26 Å². The highest BCUT2D eigenvalue weighted by atomic mass is 16.5. The van der Waals surface area contributed by atoms with Crippen molar-refractivity contribution in [2.24, 2.45) is 0 Å². The number of pyridine rings is 1. The first-order chi connectivity index (χ1) is 14.3. The summed E-state index contributed by atoms with van der Waals surface area (Å²) < 4.78 is 5.54. The number of nitrogens with zero attached hydrogens (tertiary/aromatic N) is 2. The maximum absolute atomic E-state index is 8.51. The highest BCUT2D eigenvalue weighted by molar-refractivity contribution is 5.98. The van der Waals surface area contributed by atoms with Crippen LogP contribution < -0.4 is 4.74 Å². The Kier molecular flexibility index (Phi) is 7.83. The van der Waals surface area contributed by atoms with Crippen molar-refractivity contribution in [1.29, 1.82) is 5.26 Å². The van der Waals surface area contributed by atoms with E-state index in [0.29, 0.717) is 18.9 Å². The molecule has 148 valence electrons. The molecule has 0 radical (unpaired) electrons. The molecule has 3 nitrogen and oxygen atoms in total. The molecule has 0 saturated heterocycles. The number of allylic oxidation sites excluding steroid dienone is 2. The molecule has 0 spiro atoms. The number of aromatic nitrogens is 1. The summed E-state index contributed by atoms with van der Waals surface area (Å²) in [5, 5.41) is 11.0. The fourth-order valence-corrected chi connectivity index (χ4v) is 3.41. The summed E-state index contributed by atoms with van der Waals surface area (Å²) in [5.41, 5.74) is 3.52. The first kappa shape index (κ1) is 20.6. The first-order valence-electron chi connectivity index (χ1n) is 10.4. The number of hydrogen-bond donors (Lipinski definition) is 0. The zero-order valence-corrected chi connectivity index (χ0v) is 17.1. The zero-order chi connectivity index (χ0) is 20.3. The van der Waals surface area contributed by atoms with Crippen molar-refractivity contribution in [3.63, 3.8) is 0 Å². The van der Waals surface area contributed by atoms with Gasteiger partial charge in [-0.1, -0.05) is 48.6 Å². The van der Waals surface area contributed by atoms with Crippen molar-refractivity contribution in [3.05, 3.63) is 72.4 Å². The number of hydrogen-bond acceptors (Lipinski definition) is 3. The summed E-state index contributed by atoms with van der Waals surface area (Å²) in [6.45, 7) is 2.65. The Labute approximate surface area is 173 Å². The van der Waals surface area contributed by atoms with Crippen LogP contribution in [0.25, 0.3) is 21.9 Å². The van der Waals surface area contributed by atoms with Crippen LogP contribution in [0.3, 0.4) is 0 Å². The molecule has 0 aliphatic heterocycles. The molecular weight excluding hydrogens is 356 g/mol. The minimum Gasteiger partial charge on any atom is -0.478 e. The molecule has 4 rings (SSSR count). The van der Waals surface area contributed by atoms with Crippen LogP contribution in [0.4, 0.5) is 0 Å². The molecule has 3 heteroatoms. The van der Waals surface area contributed by atoms with Gasteiger partial charge in [0, 0.05) is 24.2 Å². The highest BCUT2D eigenvalue weighted by Crippen LogP contribution is 2.30. The molecule has 0 bridgehead atoms. The lowest BCUT2D eigenvalue weighted by Crippen LogP contribution is -1.98. The molecule has 1 aliphatic rings. The number of unbranched alkanes of at least 4 members (excludes halogenated alkanes) is 1. The van der Waals surface area contributed by atoms with E-state index < -0.39 is 0 Å². The second-order valence-corrected chi connectivity index (χ2v) is 7.23. The number of fused-ring (bicyclic) bond motifs is 1. The largest absolute Gasteiger partial charge is 0.478 e. The molecule has 0 N–H and O–H groups in total. The van der Waals surface area contributed by atoms with E-state index in [1.807, 2.05) is 18.3 Å². The second-order valence-electron chi connectivity index (χ2n) is 7.23. The van der Waals surface area contributed by atoms with Gasteiger partial charge in [0.05, 0.1) is 12.7 Å². The molecule has 1 aromatic heterocycles. The van der Waals surface area contributed by atoms with Gasteiger partial charge in [0.25, 0.3) is 0 Å². The maximum Gasteiger partial charge on any atom is 0.213 e. The lowest BCUT2D eigenvalue weighted by atomic mass is 9.96. The van der Waals surface area contributed by atoms with Crippen LogP contribution in [-0.2, 0) is 0 Å². The number of benzene rings is 2. The van der Waals surface area contributed by atoms with E-state index in [1.165, 1.54) is 47.6 Å². The first-order valence-corrected chi connectivity index (χ1v) is 10.4. The third-order valence-corrected chi connectivity index (χ3v) is 5.03. The van der Waals surface area contributed by atoms with Crippen LogP contribution in [0.1, 0.15) is 44.1 Å². The van der Waals surface area contributed by atoms with E-state index in [4.69, 9.17) is 10.00 Å². The van der Waals surface area contributed by atoms with Crippen LogP contribution >= 0.6 is 0 Å². The molecular formula is C26H28N2O. The smallest absolute Gasteiger partial charge is 0.213 e. The van der Waals surface area contributed by atoms with Crippen molar-refractivity contribution in [2.75, 3.05) is 6.61 Å². The van der Waals surface area contributed by atoms with E-state index in [1.54, 1.807) is 0 Å². The molecule has 29 heavy (non-hydrogen) atoms. The molecule has 3 aromatic rings. The van der Waals surface area contributed by atoms with E-state index >= 15 is 0 Å². The number of aryl methyl sites for hydroxylation is 1. The van der Waals surface area contributed by atoms with Crippen molar-refractivity contribution in [1.82, 2.24) is 4.98 Å². The molecule has 0 atom stereocenters. The summed E-state index contributed by atoms with van der Waals surface area (Å²) >= 11 is 0. The van der Waals surface area contributed by atoms with E-state index in [-0.39, 0.29) is 0 Å². The molecule has 1 aliphatic carbocycles. The molecule has 0 amide bonds. The normalized spacial score (nSPS) is 12.7. The topological polar surface area (TPSA) is 45.9 Å². The fourth-order valence-electron chi connectivity index (χ4n) is 3.41. The van der Waals surface area contributed by atoms with Gasteiger partial charge in [-0.15, -0.1) is 0 Å². The number of rotatable bonds is 5. The molecule has 1 heterocycles. The van der Waals surface area contributed by atoms with Crippen LogP contribution in [0.5, 0.6) is 5.88 Å². The molecule has 0 fully saturated rings. The third kappa shape index (κ3) is 5.93. The average Bonchev–Trinajstić information content (AvgIpc) is 2.79. The summed E-state index contributed by atoms with van der Waals surface area (Å²) in [6, 6.07) is 18.7. The minimum absolute atomic E-state index is 0.507. The van der Waals surface area contributed by atoms with Gasteiger partial charge < -0.3 is 4.74 Å². The zero-order valence-electron chi connectivity index (χ0n) is 17.1. The number of nitriles is 1. The van der Waals surface area contributed by atoms with Crippen LogP contribution in [-0.4, -0.2) is 11.6 Å². The Morgan fingerprint density at radius 3 is 2.34 bits per heavy atom. The molecule has 0 saturated carbocycles. The third-order valence-electron chi connectivity index (χ3n) is 5.03. The number of ether oxygens (including phenoxy) is 1. The van der Waals surface area contributed by atoms with Gasteiger partial charge in [0.1, 0.15) is 0 Å². The lowest BCUT2D eigenvalue weighted by molar-refractivity contribution is 0.301. The van der Waals surface area contributed by atoms with Crippen LogP contribution in [0.2, 0.25) is 0 Å². The van der Waals surface area contributed by atoms with Gasteiger partial charge in [0.2, 0.25) is 5.88 Å². The standard InChI is InChI=1S/C20H18N2O.C6H10/c1-15-8-10-18(19-7-3-2-6-17(15)19)16-9-11-20(22-14-16)23-13-5-4-12-21;1-2-4-6-5-3-1/h2-3,6-11,14H,4-5,13H2,1H3;1-2H,3-6H2. The summed E-state index contributed by atoms with van der Waals surface area (Å²) in [5.74, 6) is 0.600. The predicted molar refractivity (Wildman–Crippen MR) is 120 cm³/mol. The van der Waals surface area contributed by atoms with Gasteiger partial charge in [-0.25, -0.2) is 4.98 Å². The summed E-state index contributed by atoms with van der Waals surface area (Å²) in [4.78, 5) is 4.38.